The van der Waals surface area contributed by atoms with E-state index in [2.05, 4.69) is 26.6 Å². The van der Waals surface area contributed by atoms with Gasteiger partial charge in [0.15, 0.2) is 5.11 Å². The van der Waals surface area contributed by atoms with Gasteiger partial charge in [-0.1, -0.05) is 33.6 Å². The van der Waals surface area contributed by atoms with E-state index in [-0.39, 0.29) is 10.8 Å². The van der Waals surface area contributed by atoms with Gasteiger partial charge in [0.05, 0.1) is 16.3 Å². The van der Waals surface area contributed by atoms with E-state index in [1.165, 1.54) is 12.1 Å². The minimum atomic E-state index is -4.40. The number of nitrogens with one attached hydrogen (secondary N) is 2. The molecule has 2 rings (SSSR count). The largest absolute Gasteiger partial charge is 0.416 e. The van der Waals surface area contributed by atoms with Gasteiger partial charge in [0.1, 0.15) is 0 Å². The maximum atomic E-state index is 12.6. The molecule has 0 unspecified atom stereocenters. The van der Waals surface area contributed by atoms with E-state index in [0.717, 1.165) is 16.6 Å². The molecule has 0 bridgehead atoms. The predicted octanol–water partition coefficient (Wildman–Crippen LogP) is 5.93. The Labute approximate surface area is 143 Å². The van der Waals surface area contributed by atoms with Crippen LogP contribution in [0.25, 0.3) is 0 Å². The highest BCUT2D eigenvalue weighted by Crippen LogP contribution is 2.31. The molecule has 0 aliphatic carbocycles. The lowest BCUT2D eigenvalue weighted by molar-refractivity contribution is -0.137. The van der Waals surface area contributed by atoms with Crippen molar-refractivity contribution in [1.29, 1.82) is 0 Å². The third-order valence-corrected chi connectivity index (χ3v) is 3.64. The standard InChI is InChI=1S/C14H9BrClF3N2S/c15-9-4-5-12(11(16)7-9)21-13(22)20-10-3-1-2-8(6-10)14(17,18)19/h1-7H,(H2,20,21,22). The van der Waals surface area contributed by atoms with E-state index < -0.39 is 11.7 Å². The Kier molecular flexibility index (Phi) is 5.31. The van der Waals surface area contributed by atoms with Gasteiger partial charge in [0.25, 0.3) is 0 Å². The average molecular weight is 410 g/mol. The van der Waals surface area contributed by atoms with Crippen LogP contribution in [0, 0.1) is 0 Å². The van der Waals surface area contributed by atoms with E-state index in [4.69, 9.17) is 23.8 Å². The number of rotatable bonds is 2. The van der Waals surface area contributed by atoms with Crippen LogP contribution in [-0.2, 0) is 6.18 Å². The topological polar surface area (TPSA) is 24.1 Å². The molecule has 0 aliphatic rings. The van der Waals surface area contributed by atoms with Gasteiger partial charge < -0.3 is 10.6 Å². The predicted molar refractivity (Wildman–Crippen MR) is 90.4 cm³/mol. The highest BCUT2D eigenvalue weighted by molar-refractivity contribution is 9.10. The Bertz CT molecular complexity index is 707. The summed E-state index contributed by atoms with van der Waals surface area (Å²) >= 11 is 14.4. The Balaban J connectivity index is 2.09. The lowest BCUT2D eigenvalue weighted by Crippen LogP contribution is -2.19. The van der Waals surface area contributed by atoms with Crippen LogP contribution in [0.3, 0.4) is 0 Å². The summed E-state index contributed by atoms with van der Waals surface area (Å²) in [4.78, 5) is 0. The fourth-order valence-corrected chi connectivity index (χ4v) is 2.60. The summed E-state index contributed by atoms with van der Waals surface area (Å²) in [5, 5.41) is 6.10. The number of halogens is 5. The monoisotopic (exact) mass is 408 g/mol. The van der Waals surface area contributed by atoms with Crippen molar-refractivity contribution in [3.05, 3.63) is 57.5 Å². The first-order chi connectivity index (χ1) is 10.3. The average Bonchev–Trinajstić information content (AvgIpc) is 2.41. The van der Waals surface area contributed by atoms with E-state index in [1.54, 1.807) is 18.2 Å². The number of anilines is 2. The molecule has 2 nitrogen and oxygen atoms in total. The summed E-state index contributed by atoms with van der Waals surface area (Å²) in [5.74, 6) is 0. The van der Waals surface area contributed by atoms with Crippen molar-refractivity contribution in [2.24, 2.45) is 0 Å². The van der Waals surface area contributed by atoms with E-state index in [9.17, 15) is 13.2 Å². The normalized spacial score (nSPS) is 11.1. The fraction of sp³-hybridized carbons (Fsp3) is 0.0714. The first kappa shape index (κ1) is 17.1. The Morgan fingerprint density at radius 3 is 2.45 bits per heavy atom. The van der Waals surface area contributed by atoms with E-state index in [0.29, 0.717) is 10.7 Å². The summed E-state index contributed by atoms with van der Waals surface area (Å²) in [7, 11) is 0. The van der Waals surface area contributed by atoms with Crippen molar-refractivity contribution in [3.8, 4) is 0 Å². The molecular weight excluding hydrogens is 401 g/mol. The molecule has 8 heteroatoms. The first-order valence-electron chi connectivity index (χ1n) is 5.96. The maximum Gasteiger partial charge on any atom is 0.416 e. The third kappa shape index (κ3) is 4.59. The van der Waals surface area contributed by atoms with Gasteiger partial charge in [0, 0.05) is 10.2 Å². The number of hydrogen-bond donors (Lipinski definition) is 2. The summed E-state index contributed by atoms with van der Waals surface area (Å²) < 4.78 is 38.7. The quantitative estimate of drug-likeness (QED) is 0.601. The second-order valence-corrected chi connectivity index (χ2v) is 6.01. The molecule has 0 heterocycles. The summed E-state index contributed by atoms with van der Waals surface area (Å²) in [6, 6.07) is 9.92. The summed E-state index contributed by atoms with van der Waals surface area (Å²) in [6.07, 6.45) is -4.40. The van der Waals surface area contributed by atoms with Gasteiger partial charge in [0.2, 0.25) is 0 Å². The first-order valence-corrected chi connectivity index (χ1v) is 7.54. The highest BCUT2D eigenvalue weighted by atomic mass is 79.9. The van der Waals surface area contributed by atoms with Crippen LogP contribution in [0.15, 0.2) is 46.9 Å². The Hall–Kier alpha value is -1.31. The molecule has 2 N–H and O–H groups in total. The van der Waals surface area contributed by atoms with Crippen molar-refractivity contribution < 1.29 is 13.2 Å². The summed E-state index contributed by atoms with van der Waals surface area (Å²) in [5.41, 5.74) is 0.0388. The Morgan fingerprint density at radius 2 is 1.82 bits per heavy atom. The molecule has 0 aromatic heterocycles. The number of alkyl halides is 3. The van der Waals surface area contributed by atoms with Crippen LogP contribution < -0.4 is 10.6 Å². The zero-order valence-electron chi connectivity index (χ0n) is 10.8. The van der Waals surface area contributed by atoms with Crippen LogP contribution in [-0.4, -0.2) is 5.11 Å². The van der Waals surface area contributed by atoms with Crippen molar-refractivity contribution in [1.82, 2.24) is 0 Å². The zero-order chi connectivity index (χ0) is 16.3. The molecule has 0 saturated heterocycles. The van der Waals surface area contributed by atoms with Crippen LogP contribution in [0.4, 0.5) is 24.5 Å². The van der Waals surface area contributed by atoms with Crippen LogP contribution in [0.2, 0.25) is 5.02 Å². The minimum Gasteiger partial charge on any atom is -0.332 e. The molecule has 0 amide bonds. The molecule has 0 atom stereocenters. The zero-order valence-corrected chi connectivity index (χ0v) is 14.0. The number of thiocarbonyl (C=S) groups is 1. The molecular formula is C14H9BrClF3N2S. The molecule has 0 spiro atoms. The van der Waals surface area contributed by atoms with Gasteiger partial charge in [-0.3, -0.25) is 0 Å². The van der Waals surface area contributed by atoms with Gasteiger partial charge in [-0.05, 0) is 48.6 Å². The van der Waals surface area contributed by atoms with Crippen molar-refractivity contribution >= 4 is 56.2 Å². The third-order valence-electron chi connectivity index (χ3n) is 2.63. The van der Waals surface area contributed by atoms with Gasteiger partial charge in [-0.25, -0.2) is 0 Å². The molecule has 2 aromatic rings. The van der Waals surface area contributed by atoms with Crippen molar-refractivity contribution in [2.45, 2.75) is 6.18 Å². The highest BCUT2D eigenvalue weighted by Gasteiger charge is 2.30. The van der Waals surface area contributed by atoms with Gasteiger partial charge in [-0.15, -0.1) is 0 Å². The summed E-state index contributed by atoms with van der Waals surface area (Å²) in [6.45, 7) is 0. The van der Waals surface area contributed by atoms with E-state index in [1.807, 2.05) is 0 Å². The van der Waals surface area contributed by atoms with E-state index >= 15 is 0 Å². The Morgan fingerprint density at radius 1 is 1.09 bits per heavy atom. The van der Waals surface area contributed by atoms with Crippen molar-refractivity contribution in [2.75, 3.05) is 10.6 Å². The molecule has 0 saturated carbocycles. The van der Waals surface area contributed by atoms with Crippen LogP contribution in [0.5, 0.6) is 0 Å². The van der Waals surface area contributed by atoms with Gasteiger partial charge in [-0.2, -0.15) is 13.2 Å². The molecule has 0 fully saturated rings. The molecule has 116 valence electrons. The lowest BCUT2D eigenvalue weighted by Gasteiger charge is -2.13. The molecule has 0 aliphatic heterocycles. The smallest absolute Gasteiger partial charge is 0.332 e. The number of hydrogen-bond acceptors (Lipinski definition) is 1. The maximum absolute atomic E-state index is 12.6. The fourth-order valence-electron chi connectivity index (χ4n) is 1.65. The second kappa shape index (κ2) is 6.85. The molecule has 2 aromatic carbocycles. The SMILES string of the molecule is FC(F)(F)c1cccc(NC(=S)Nc2ccc(Br)cc2Cl)c1. The molecule has 22 heavy (non-hydrogen) atoms. The molecule has 0 radical (unpaired) electrons. The van der Waals surface area contributed by atoms with Gasteiger partial charge >= 0.3 is 6.18 Å². The minimum absolute atomic E-state index is 0.142. The number of benzene rings is 2. The van der Waals surface area contributed by atoms with Crippen LogP contribution in [0.1, 0.15) is 5.56 Å². The van der Waals surface area contributed by atoms with Crippen LogP contribution >= 0.6 is 39.7 Å². The lowest BCUT2D eigenvalue weighted by atomic mass is 10.2. The second-order valence-electron chi connectivity index (χ2n) is 4.28. The van der Waals surface area contributed by atoms with Crippen molar-refractivity contribution in [3.63, 3.8) is 0 Å².